The second-order valence-corrected chi connectivity index (χ2v) is 6.63. The van der Waals surface area contributed by atoms with Gasteiger partial charge in [-0.3, -0.25) is 23.8 Å². The Kier molecular flexibility index (Phi) is 5.07. The molecular formula is C21H19N5O3. The van der Waals surface area contributed by atoms with Crippen LogP contribution in [0.15, 0.2) is 76.6 Å². The van der Waals surface area contributed by atoms with Crippen molar-refractivity contribution in [1.82, 2.24) is 19.3 Å². The third kappa shape index (κ3) is 4.16. The normalized spacial score (nSPS) is 10.9. The van der Waals surface area contributed by atoms with Crippen LogP contribution in [0.1, 0.15) is 12.0 Å². The zero-order valence-electron chi connectivity index (χ0n) is 15.5. The van der Waals surface area contributed by atoms with Crippen LogP contribution in [0.5, 0.6) is 0 Å². The fourth-order valence-corrected chi connectivity index (χ4v) is 3.18. The number of aromatic amines is 1. The van der Waals surface area contributed by atoms with Crippen LogP contribution in [-0.2, 0) is 17.9 Å². The number of fused-ring (bicyclic) bond motifs is 1. The lowest BCUT2D eigenvalue weighted by molar-refractivity contribution is -0.116. The van der Waals surface area contributed by atoms with E-state index in [1.807, 2.05) is 41.2 Å². The summed E-state index contributed by atoms with van der Waals surface area (Å²) >= 11 is 0. The van der Waals surface area contributed by atoms with Crippen molar-refractivity contribution in [2.45, 2.75) is 19.5 Å². The van der Waals surface area contributed by atoms with Gasteiger partial charge in [0.05, 0.1) is 17.4 Å². The predicted octanol–water partition coefficient (Wildman–Crippen LogP) is 1.96. The third-order valence-electron chi connectivity index (χ3n) is 4.61. The lowest BCUT2D eigenvalue weighted by Crippen LogP contribution is -2.31. The van der Waals surface area contributed by atoms with Crippen LogP contribution >= 0.6 is 0 Å². The van der Waals surface area contributed by atoms with Gasteiger partial charge in [-0.2, -0.15) is 5.10 Å². The number of amides is 1. The summed E-state index contributed by atoms with van der Waals surface area (Å²) in [7, 11) is 0. The Labute approximate surface area is 165 Å². The summed E-state index contributed by atoms with van der Waals surface area (Å²) in [5.41, 5.74) is 1.30. The lowest BCUT2D eigenvalue weighted by atomic mass is 10.2. The van der Waals surface area contributed by atoms with E-state index < -0.39 is 11.2 Å². The van der Waals surface area contributed by atoms with E-state index in [4.69, 9.17) is 0 Å². The molecule has 0 unspecified atom stereocenters. The Morgan fingerprint density at radius 3 is 2.59 bits per heavy atom. The molecule has 0 bridgehead atoms. The molecule has 4 rings (SSSR count). The molecule has 0 saturated heterocycles. The minimum Gasteiger partial charge on any atom is -0.326 e. The molecule has 0 atom stereocenters. The van der Waals surface area contributed by atoms with Crippen LogP contribution in [0.3, 0.4) is 0 Å². The summed E-state index contributed by atoms with van der Waals surface area (Å²) in [6, 6.07) is 16.2. The van der Waals surface area contributed by atoms with Crippen molar-refractivity contribution in [1.29, 1.82) is 0 Å². The van der Waals surface area contributed by atoms with Gasteiger partial charge in [-0.1, -0.05) is 24.3 Å². The summed E-state index contributed by atoms with van der Waals surface area (Å²) in [6.45, 7) is 0.822. The number of aromatic nitrogens is 4. The van der Waals surface area contributed by atoms with Crippen LogP contribution in [0.25, 0.3) is 10.9 Å². The molecule has 2 aromatic heterocycles. The number of hydrogen-bond donors (Lipinski definition) is 2. The average Bonchev–Trinajstić information content (AvgIpc) is 3.22. The number of carbonyl (C=O) groups is 1. The summed E-state index contributed by atoms with van der Waals surface area (Å²) in [4.78, 5) is 38.7. The van der Waals surface area contributed by atoms with Gasteiger partial charge in [0.25, 0.3) is 5.56 Å². The Balaban J connectivity index is 1.41. The number of rotatable bonds is 6. The fourth-order valence-electron chi connectivity index (χ4n) is 3.18. The first-order chi connectivity index (χ1) is 14.1. The van der Waals surface area contributed by atoms with Gasteiger partial charge in [-0.05, 0) is 35.9 Å². The van der Waals surface area contributed by atoms with E-state index in [2.05, 4.69) is 15.4 Å². The predicted molar refractivity (Wildman–Crippen MR) is 110 cm³/mol. The molecular weight excluding hydrogens is 370 g/mol. The summed E-state index contributed by atoms with van der Waals surface area (Å²) < 4.78 is 3.23. The number of anilines is 1. The Hall–Kier alpha value is -3.94. The van der Waals surface area contributed by atoms with Crippen molar-refractivity contribution in [3.05, 3.63) is 93.4 Å². The molecule has 0 aliphatic heterocycles. The highest BCUT2D eigenvalue weighted by atomic mass is 16.2. The van der Waals surface area contributed by atoms with E-state index in [1.165, 1.54) is 4.57 Å². The molecule has 8 nitrogen and oxygen atoms in total. The van der Waals surface area contributed by atoms with Crippen molar-refractivity contribution >= 4 is 22.5 Å². The van der Waals surface area contributed by atoms with Gasteiger partial charge in [0.1, 0.15) is 0 Å². The monoisotopic (exact) mass is 389 g/mol. The van der Waals surface area contributed by atoms with Crippen molar-refractivity contribution in [2.75, 3.05) is 5.32 Å². The molecule has 2 N–H and O–H groups in total. The van der Waals surface area contributed by atoms with E-state index >= 15 is 0 Å². The minimum absolute atomic E-state index is 0.102. The van der Waals surface area contributed by atoms with E-state index in [-0.39, 0.29) is 18.9 Å². The van der Waals surface area contributed by atoms with Crippen molar-refractivity contribution in [3.63, 3.8) is 0 Å². The van der Waals surface area contributed by atoms with Gasteiger partial charge in [-0.15, -0.1) is 0 Å². The molecule has 0 spiro atoms. The molecule has 0 fully saturated rings. The van der Waals surface area contributed by atoms with Crippen molar-refractivity contribution < 1.29 is 4.79 Å². The zero-order chi connectivity index (χ0) is 20.2. The summed E-state index contributed by atoms with van der Waals surface area (Å²) in [5, 5.41) is 7.41. The maximum atomic E-state index is 12.3. The van der Waals surface area contributed by atoms with Gasteiger partial charge in [0, 0.05) is 31.0 Å². The van der Waals surface area contributed by atoms with Crippen LogP contribution in [-0.4, -0.2) is 25.2 Å². The van der Waals surface area contributed by atoms with Crippen LogP contribution < -0.4 is 16.6 Å². The number of H-pyrrole nitrogens is 1. The van der Waals surface area contributed by atoms with Crippen LogP contribution in [0.2, 0.25) is 0 Å². The number of carbonyl (C=O) groups excluding carboxylic acids is 1. The molecule has 4 aromatic rings. The largest absolute Gasteiger partial charge is 0.328 e. The molecule has 0 aliphatic rings. The highest BCUT2D eigenvalue weighted by Crippen LogP contribution is 2.12. The maximum Gasteiger partial charge on any atom is 0.328 e. The highest BCUT2D eigenvalue weighted by Gasteiger charge is 2.09. The lowest BCUT2D eigenvalue weighted by Gasteiger charge is -2.10. The average molecular weight is 389 g/mol. The second-order valence-electron chi connectivity index (χ2n) is 6.63. The Bertz CT molecular complexity index is 1250. The number of aryl methyl sites for hydroxylation is 1. The van der Waals surface area contributed by atoms with Crippen LogP contribution in [0.4, 0.5) is 5.69 Å². The van der Waals surface area contributed by atoms with Crippen molar-refractivity contribution in [2.24, 2.45) is 0 Å². The van der Waals surface area contributed by atoms with Gasteiger partial charge in [0.2, 0.25) is 5.91 Å². The Morgan fingerprint density at radius 2 is 1.83 bits per heavy atom. The fraction of sp³-hybridized carbons (Fsp3) is 0.143. The molecule has 2 heterocycles. The molecule has 29 heavy (non-hydrogen) atoms. The van der Waals surface area contributed by atoms with E-state index in [0.29, 0.717) is 23.1 Å². The zero-order valence-corrected chi connectivity index (χ0v) is 15.5. The topological polar surface area (TPSA) is 102 Å². The van der Waals surface area contributed by atoms with E-state index in [0.717, 1.165) is 5.56 Å². The van der Waals surface area contributed by atoms with E-state index in [1.54, 1.807) is 30.5 Å². The summed E-state index contributed by atoms with van der Waals surface area (Å²) in [5.74, 6) is -0.216. The second kappa shape index (κ2) is 7.97. The molecule has 0 radical (unpaired) electrons. The van der Waals surface area contributed by atoms with E-state index in [9.17, 15) is 14.4 Å². The van der Waals surface area contributed by atoms with Crippen LogP contribution in [0, 0.1) is 0 Å². The molecule has 0 saturated carbocycles. The molecule has 8 heteroatoms. The third-order valence-corrected chi connectivity index (χ3v) is 4.61. The minimum atomic E-state index is -0.524. The standard InChI is InChI=1S/C21H19N5O3/c27-19(23-16-8-6-15(7-9-16)14-25-12-3-11-22-25)10-13-26-18-5-2-1-4-17(18)20(28)24-21(26)29/h1-9,11-12H,10,13-14H2,(H,23,27)(H,24,28,29). The molecule has 2 aromatic carbocycles. The molecule has 0 aliphatic carbocycles. The first-order valence-electron chi connectivity index (χ1n) is 9.18. The number of para-hydroxylation sites is 1. The highest BCUT2D eigenvalue weighted by molar-refractivity contribution is 5.90. The summed E-state index contributed by atoms with van der Waals surface area (Å²) in [6.07, 6.45) is 3.72. The van der Waals surface area contributed by atoms with Gasteiger partial charge < -0.3 is 5.32 Å². The van der Waals surface area contributed by atoms with Gasteiger partial charge in [-0.25, -0.2) is 4.79 Å². The molecule has 146 valence electrons. The van der Waals surface area contributed by atoms with Gasteiger partial charge in [0.15, 0.2) is 0 Å². The molecule has 1 amide bonds. The smallest absolute Gasteiger partial charge is 0.326 e. The number of benzene rings is 2. The quantitative estimate of drug-likeness (QED) is 0.526. The first kappa shape index (κ1) is 18.4. The maximum absolute atomic E-state index is 12.3. The first-order valence-corrected chi connectivity index (χ1v) is 9.18. The number of nitrogens with zero attached hydrogens (tertiary/aromatic N) is 3. The van der Waals surface area contributed by atoms with Gasteiger partial charge >= 0.3 is 5.69 Å². The van der Waals surface area contributed by atoms with Crippen molar-refractivity contribution in [3.8, 4) is 0 Å². The number of hydrogen-bond acceptors (Lipinski definition) is 4. The Morgan fingerprint density at radius 1 is 1.03 bits per heavy atom. The number of nitrogens with one attached hydrogen (secondary N) is 2. The SMILES string of the molecule is O=C(CCn1c(=O)[nH]c(=O)c2ccccc21)Nc1ccc(Cn2cccn2)cc1.